The predicted molar refractivity (Wildman–Crippen MR) is 63.0 cm³/mol. The topological polar surface area (TPSA) is 12.0 Å². The number of benzene rings is 1. The third-order valence-corrected chi connectivity index (χ3v) is 4.08. The molecule has 0 unspecified atom stereocenters. The Hall–Kier alpha value is -0.470. The summed E-state index contributed by atoms with van der Waals surface area (Å²) in [6.45, 7) is 6.77. The lowest BCUT2D eigenvalue weighted by atomic mass is 10.1. The van der Waals surface area contributed by atoms with E-state index in [0.29, 0.717) is 0 Å². The zero-order valence-electron chi connectivity index (χ0n) is 8.84. The second-order valence-electron chi connectivity index (χ2n) is 4.10. The molecule has 0 aliphatic carbocycles. The van der Waals surface area contributed by atoms with Gasteiger partial charge in [-0.05, 0) is 44.5 Å². The molecular weight excluding hydrogens is 190 g/mol. The highest BCUT2D eigenvalue weighted by Gasteiger charge is 2.16. The summed E-state index contributed by atoms with van der Waals surface area (Å²) < 4.78 is 0. The molecule has 0 amide bonds. The van der Waals surface area contributed by atoms with Crippen LogP contribution in [0, 0.1) is 19.8 Å². The van der Waals surface area contributed by atoms with Gasteiger partial charge in [-0.2, -0.15) is 0 Å². The van der Waals surface area contributed by atoms with E-state index < -0.39 is 0 Å². The maximum absolute atomic E-state index is 3.31. The maximum Gasteiger partial charge on any atom is 0.0101 e. The molecule has 0 spiro atoms. The van der Waals surface area contributed by atoms with E-state index in [1.165, 1.54) is 34.9 Å². The van der Waals surface area contributed by atoms with E-state index in [2.05, 4.69) is 37.4 Å². The lowest BCUT2D eigenvalue weighted by Crippen LogP contribution is -2.43. The lowest BCUT2D eigenvalue weighted by molar-refractivity contribution is 0.385. The molecule has 2 rings (SSSR count). The van der Waals surface area contributed by atoms with Crippen molar-refractivity contribution in [2.75, 3.05) is 18.8 Å². The standard InChI is InChI=1S/C12H17NS/c1-9-3-4-12(10(2)5-9)14-8-11-6-13-7-11/h3-5,11,13H,6-8H2,1-2H3. The summed E-state index contributed by atoms with van der Waals surface area (Å²) in [6.07, 6.45) is 0. The number of nitrogens with one attached hydrogen (secondary N) is 1. The van der Waals surface area contributed by atoms with Crippen molar-refractivity contribution in [3.8, 4) is 0 Å². The molecule has 0 aromatic heterocycles. The largest absolute Gasteiger partial charge is 0.316 e. The Kier molecular flexibility index (Phi) is 3.14. The van der Waals surface area contributed by atoms with E-state index in [1.807, 2.05) is 11.8 Å². The van der Waals surface area contributed by atoms with E-state index in [1.54, 1.807) is 0 Å². The number of thioether (sulfide) groups is 1. The summed E-state index contributed by atoms with van der Waals surface area (Å²) >= 11 is 2.00. The van der Waals surface area contributed by atoms with Crippen molar-refractivity contribution in [2.24, 2.45) is 5.92 Å². The van der Waals surface area contributed by atoms with Crippen LogP contribution in [0.3, 0.4) is 0 Å². The first-order valence-corrected chi connectivity index (χ1v) is 6.15. The van der Waals surface area contributed by atoms with Crippen molar-refractivity contribution in [1.29, 1.82) is 0 Å². The van der Waals surface area contributed by atoms with Gasteiger partial charge in [0.1, 0.15) is 0 Å². The van der Waals surface area contributed by atoms with E-state index in [4.69, 9.17) is 0 Å². The molecule has 1 aromatic rings. The van der Waals surface area contributed by atoms with Crippen molar-refractivity contribution in [2.45, 2.75) is 18.7 Å². The van der Waals surface area contributed by atoms with Gasteiger partial charge in [-0.15, -0.1) is 11.8 Å². The second kappa shape index (κ2) is 4.37. The first-order valence-electron chi connectivity index (χ1n) is 5.16. The van der Waals surface area contributed by atoms with Crippen LogP contribution in [-0.4, -0.2) is 18.8 Å². The fourth-order valence-electron chi connectivity index (χ4n) is 1.64. The van der Waals surface area contributed by atoms with Crippen LogP contribution in [0.15, 0.2) is 23.1 Å². The minimum Gasteiger partial charge on any atom is -0.316 e. The highest BCUT2D eigenvalue weighted by molar-refractivity contribution is 7.99. The molecule has 1 aliphatic heterocycles. The molecule has 76 valence electrons. The van der Waals surface area contributed by atoms with Crippen LogP contribution in [0.2, 0.25) is 0 Å². The second-order valence-corrected chi connectivity index (χ2v) is 5.17. The molecule has 1 nitrogen and oxygen atoms in total. The Morgan fingerprint density at radius 1 is 1.36 bits per heavy atom. The van der Waals surface area contributed by atoms with Gasteiger partial charge in [0.15, 0.2) is 0 Å². The minimum atomic E-state index is 0.890. The predicted octanol–water partition coefficient (Wildman–Crippen LogP) is 2.61. The number of hydrogen-bond acceptors (Lipinski definition) is 2. The molecule has 1 aromatic carbocycles. The molecule has 0 radical (unpaired) electrons. The molecule has 0 atom stereocenters. The Labute approximate surface area is 90.3 Å². The zero-order valence-corrected chi connectivity index (χ0v) is 9.66. The summed E-state index contributed by atoms with van der Waals surface area (Å²) in [4.78, 5) is 1.45. The Morgan fingerprint density at radius 3 is 2.71 bits per heavy atom. The lowest BCUT2D eigenvalue weighted by Gasteiger charge is -2.26. The number of aryl methyl sites for hydroxylation is 2. The van der Waals surface area contributed by atoms with Crippen molar-refractivity contribution in [1.82, 2.24) is 5.32 Å². The maximum atomic E-state index is 3.31. The molecule has 14 heavy (non-hydrogen) atoms. The van der Waals surface area contributed by atoms with Crippen LogP contribution in [-0.2, 0) is 0 Å². The third kappa shape index (κ3) is 2.31. The minimum absolute atomic E-state index is 0.890. The molecular formula is C12H17NS. The smallest absolute Gasteiger partial charge is 0.0101 e. The average molecular weight is 207 g/mol. The van der Waals surface area contributed by atoms with Crippen molar-refractivity contribution in [3.05, 3.63) is 29.3 Å². The third-order valence-electron chi connectivity index (χ3n) is 2.67. The molecule has 2 heteroatoms. The van der Waals surface area contributed by atoms with E-state index >= 15 is 0 Å². The van der Waals surface area contributed by atoms with Gasteiger partial charge in [-0.25, -0.2) is 0 Å². The normalized spacial score (nSPS) is 16.7. The quantitative estimate of drug-likeness (QED) is 0.765. The molecule has 0 bridgehead atoms. The fourth-order valence-corrected chi connectivity index (χ4v) is 2.74. The summed E-state index contributed by atoms with van der Waals surface area (Å²) in [5, 5.41) is 3.31. The van der Waals surface area contributed by atoms with Crippen molar-refractivity contribution < 1.29 is 0 Å². The van der Waals surface area contributed by atoms with Gasteiger partial charge in [0.25, 0.3) is 0 Å². The monoisotopic (exact) mass is 207 g/mol. The molecule has 1 saturated heterocycles. The van der Waals surface area contributed by atoms with Crippen molar-refractivity contribution in [3.63, 3.8) is 0 Å². The number of rotatable bonds is 3. The fraction of sp³-hybridized carbons (Fsp3) is 0.500. The van der Waals surface area contributed by atoms with Gasteiger partial charge in [0.05, 0.1) is 0 Å². The SMILES string of the molecule is Cc1ccc(SCC2CNC2)c(C)c1. The Balaban J connectivity index is 1.94. The molecule has 1 fully saturated rings. The van der Waals surface area contributed by atoms with E-state index in [0.717, 1.165) is 5.92 Å². The van der Waals surface area contributed by atoms with Crippen LogP contribution >= 0.6 is 11.8 Å². The van der Waals surface area contributed by atoms with Gasteiger partial charge >= 0.3 is 0 Å². The van der Waals surface area contributed by atoms with Gasteiger partial charge in [0.2, 0.25) is 0 Å². The van der Waals surface area contributed by atoms with Gasteiger partial charge in [-0.3, -0.25) is 0 Å². The summed E-state index contributed by atoms with van der Waals surface area (Å²) in [7, 11) is 0. The first-order chi connectivity index (χ1) is 6.75. The summed E-state index contributed by atoms with van der Waals surface area (Å²) in [6, 6.07) is 6.72. The van der Waals surface area contributed by atoms with E-state index in [-0.39, 0.29) is 0 Å². The highest BCUT2D eigenvalue weighted by Crippen LogP contribution is 2.26. The van der Waals surface area contributed by atoms with Crippen molar-refractivity contribution >= 4 is 11.8 Å². The first kappa shape index (κ1) is 10.1. The van der Waals surface area contributed by atoms with Crippen LogP contribution in [0.5, 0.6) is 0 Å². The molecule has 1 heterocycles. The van der Waals surface area contributed by atoms with Crippen LogP contribution < -0.4 is 5.32 Å². The van der Waals surface area contributed by atoms with Crippen LogP contribution in [0.25, 0.3) is 0 Å². The molecule has 1 N–H and O–H groups in total. The van der Waals surface area contributed by atoms with Crippen LogP contribution in [0.1, 0.15) is 11.1 Å². The van der Waals surface area contributed by atoms with Gasteiger partial charge < -0.3 is 5.32 Å². The van der Waals surface area contributed by atoms with Gasteiger partial charge in [0, 0.05) is 10.6 Å². The van der Waals surface area contributed by atoms with Crippen LogP contribution in [0.4, 0.5) is 0 Å². The Bertz CT molecular complexity index is 318. The number of hydrogen-bond donors (Lipinski definition) is 1. The zero-order chi connectivity index (χ0) is 9.97. The average Bonchev–Trinajstić information content (AvgIpc) is 2.05. The molecule has 0 saturated carbocycles. The Morgan fingerprint density at radius 2 is 2.14 bits per heavy atom. The van der Waals surface area contributed by atoms with E-state index in [9.17, 15) is 0 Å². The summed E-state index contributed by atoms with van der Waals surface area (Å²) in [5.74, 6) is 2.15. The summed E-state index contributed by atoms with van der Waals surface area (Å²) in [5.41, 5.74) is 2.78. The molecule has 1 aliphatic rings. The highest BCUT2D eigenvalue weighted by atomic mass is 32.2. The van der Waals surface area contributed by atoms with Gasteiger partial charge in [-0.1, -0.05) is 17.7 Å².